The summed E-state index contributed by atoms with van der Waals surface area (Å²) in [7, 11) is -1.69. The lowest BCUT2D eigenvalue weighted by molar-refractivity contribution is -0.0742. The smallest absolute Gasteiger partial charge is 0.330 e. The van der Waals surface area contributed by atoms with Crippen LogP contribution in [0.15, 0.2) is 46.1 Å². The Bertz CT molecular complexity index is 1360. The highest BCUT2D eigenvalue weighted by Gasteiger charge is 2.58. The molecule has 2 aliphatic heterocycles. The molecule has 11 nitrogen and oxygen atoms in total. The number of aliphatic hydroxyl groups excluding tert-OH is 1. The zero-order valence-corrected chi connectivity index (χ0v) is 26.0. The van der Waals surface area contributed by atoms with Crippen LogP contribution >= 0.6 is 32.0 Å². The molecule has 0 radical (unpaired) electrons. The average Bonchev–Trinajstić information content (AvgIpc) is 3.19. The summed E-state index contributed by atoms with van der Waals surface area (Å²) in [6, 6.07) is 11.0. The van der Waals surface area contributed by atoms with Crippen molar-refractivity contribution >= 4 is 37.2 Å². The van der Waals surface area contributed by atoms with E-state index in [-0.39, 0.29) is 30.2 Å². The van der Waals surface area contributed by atoms with Gasteiger partial charge in [-0.05, 0) is 34.6 Å². The van der Waals surface area contributed by atoms with Gasteiger partial charge in [-0.15, -0.1) is 11.8 Å². The Morgan fingerprint density at radius 2 is 1.95 bits per heavy atom. The van der Waals surface area contributed by atoms with Gasteiger partial charge in [0, 0.05) is 29.4 Å². The minimum atomic E-state index is -1.69. The Labute approximate surface area is 248 Å². The second-order valence-electron chi connectivity index (χ2n) is 10.3. The highest BCUT2D eigenvalue weighted by Crippen LogP contribution is 2.56. The average molecular weight is 623 g/mol. The van der Waals surface area contributed by atoms with E-state index in [4.69, 9.17) is 19.0 Å². The molecule has 2 saturated heterocycles. The number of aromatic nitrogens is 2. The van der Waals surface area contributed by atoms with Gasteiger partial charge in [0.2, 0.25) is 5.12 Å². The van der Waals surface area contributed by atoms with Gasteiger partial charge >= 0.3 is 5.69 Å². The number of ether oxygens (including phenoxy) is 1. The van der Waals surface area contributed by atoms with Crippen molar-refractivity contribution in [3.8, 4) is 6.07 Å². The summed E-state index contributed by atoms with van der Waals surface area (Å²) in [6.45, 7) is 9.85. The van der Waals surface area contributed by atoms with Crippen LogP contribution in [0.3, 0.4) is 0 Å². The summed E-state index contributed by atoms with van der Waals surface area (Å²) in [4.78, 5) is 40.3. The zero-order chi connectivity index (χ0) is 29.8. The summed E-state index contributed by atoms with van der Waals surface area (Å²) in [5.41, 5.74) is -0.292. The molecular weight excluding hydrogens is 587 g/mol. The number of hydrogen-bond donors (Lipinski definition) is 2. The number of H-pyrrole nitrogens is 1. The molecule has 2 unspecified atom stereocenters. The highest BCUT2D eigenvalue weighted by molar-refractivity contribution is 8.25. The number of nitriles is 1. The summed E-state index contributed by atoms with van der Waals surface area (Å²) < 4.78 is 21.8. The molecule has 2 bridgehead atoms. The number of fused-ring (bicyclic) bond motifs is 2. The third kappa shape index (κ3) is 7.14. The molecule has 14 heteroatoms. The predicted octanol–water partition coefficient (Wildman–Crippen LogP) is 3.78. The SMILES string of the molecule is Cc1cn([C@@H]2O[C@@H]3C(O)[C@@H](SC(=O)c4ccccc4)S[C@@H]2[C@@H]3OP(OCCC#N)N(C(C)C)C(C)C)c(=O)[nH]c1=O. The second kappa shape index (κ2) is 14.0. The maximum Gasteiger partial charge on any atom is 0.330 e. The molecule has 1 aromatic heterocycles. The first-order valence-electron chi connectivity index (χ1n) is 13.4. The van der Waals surface area contributed by atoms with Crippen LogP contribution in [0.25, 0.3) is 0 Å². The van der Waals surface area contributed by atoms with E-state index < -0.39 is 54.1 Å². The van der Waals surface area contributed by atoms with Crippen molar-refractivity contribution in [2.24, 2.45) is 0 Å². The highest BCUT2D eigenvalue weighted by atomic mass is 32.2. The number of aromatic amines is 1. The van der Waals surface area contributed by atoms with Crippen molar-refractivity contribution in [1.29, 1.82) is 5.26 Å². The standard InChI is InChI=1S/C27H35N4O7PS2/c1-15(2)31(16(3)4)39(36-13-9-12-28)38-21-20-19(32)26(41-25(34)18-10-7-6-8-11-18)40-22(21)24(37-20)30-14-17(5)23(33)29-27(30)35/h6-8,10-11,14-16,19-22,24,26,32H,9,13H2,1-5H3,(H,29,33,35)/t19?,20-,21-,22-,24-,26-,39?/m1/s1. The van der Waals surface area contributed by atoms with Crippen LogP contribution in [0.4, 0.5) is 0 Å². The van der Waals surface area contributed by atoms with Crippen molar-refractivity contribution in [2.75, 3.05) is 6.61 Å². The first-order chi connectivity index (χ1) is 19.5. The molecule has 222 valence electrons. The van der Waals surface area contributed by atoms with Gasteiger partial charge in [-0.25, -0.2) is 9.46 Å². The van der Waals surface area contributed by atoms with Gasteiger partial charge in [-0.2, -0.15) is 5.26 Å². The lowest BCUT2D eigenvalue weighted by Gasteiger charge is -2.41. The number of hydrogen-bond acceptors (Lipinski definition) is 11. The lowest BCUT2D eigenvalue weighted by atomic mass is 10.1. The van der Waals surface area contributed by atoms with Gasteiger partial charge in [0.05, 0.1) is 28.9 Å². The molecule has 0 saturated carbocycles. The summed E-state index contributed by atoms with van der Waals surface area (Å²) in [5.74, 6) is 0. The fourth-order valence-corrected chi connectivity index (χ4v) is 9.65. The van der Waals surface area contributed by atoms with Crippen molar-refractivity contribution in [3.63, 3.8) is 0 Å². The van der Waals surface area contributed by atoms with Crippen LogP contribution in [-0.4, -0.2) is 71.3 Å². The fraction of sp³-hybridized carbons (Fsp3) is 0.556. The quantitative estimate of drug-likeness (QED) is 0.279. The van der Waals surface area contributed by atoms with Gasteiger partial charge in [0.15, 0.2) is 6.23 Å². The maximum absolute atomic E-state index is 13.0. The van der Waals surface area contributed by atoms with Gasteiger partial charge < -0.3 is 18.9 Å². The lowest BCUT2D eigenvalue weighted by Crippen LogP contribution is -2.49. The second-order valence-corrected chi connectivity index (χ2v) is 14.5. The molecule has 2 fully saturated rings. The molecule has 2 aliphatic rings. The van der Waals surface area contributed by atoms with E-state index in [2.05, 4.69) is 15.7 Å². The zero-order valence-electron chi connectivity index (χ0n) is 23.5. The van der Waals surface area contributed by atoms with E-state index in [0.29, 0.717) is 11.1 Å². The summed E-state index contributed by atoms with van der Waals surface area (Å²) >= 11 is 2.32. The number of carbonyl (C=O) groups excluding carboxylic acids is 1. The minimum Gasteiger partial charge on any atom is -0.388 e. The van der Waals surface area contributed by atoms with Crippen molar-refractivity contribution in [1.82, 2.24) is 14.2 Å². The largest absolute Gasteiger partial charge is 0.388 e. The normalized spacial score (nSPS) is 26.4. The third-order valence-corrected chi connectivity index (χ3v) is 11.7. The number of nitrogens with zero attached hydrogens (tertiary/aromatic N) is 3. The first-order valence-corrected chi connectivity index (χ1v) is 16.3. The van der Waals surface area contributed by atoms with E-state index in [1.807, 2.05) is 33.8 Å². The van der Waals surface area contributed by atoms with Gasteiger partial charge in [-0.3, -0.25) is 19.1 Å². The van der Waals surface area contributed by atoms with Crippen molar-refractivity contribution in [3.05, 3.63) is 68.5 Å². The van der Waals surface area contributed by atoms with Crippen LogP contribution in [0, 0.1) is 18.3 Å². The van der Waals surface area contributed by atoms with Crippen LogP contribution in [0.5, 0.6) is 0 Å². The van der Waals surface area contributed by atoms with Gasteiger partial charge in [0.25, 0.3) is 14.1 Å². The van der Waals surface area contributed by atoms with Crippen molar-refractivity contribution < 1.29 is 23.7 Å². The molecule has 2 aromatic rings. The minimum absolute atomic E-state index is 0.0509. The Morgan fingerprint density at radius 1 is 1.27 bits per heavy atom. The van der Waals surface area contributed by atoms with E-state index >= 15 is 0 Å². The predicted molar refractivity (Wildman–Crippen MR) is 160 cm³/mol. The molecule has 1 aromatic carbocycles. The summed E-state index contributed by atoms with van der Waals surface area (Å²) in [5, 5.41) is 19.9. The number of benzene rings is 1. The maximum atomic E-state index is 13.0. The fourth-order valence-electron chi connectivity index (χ4n) is 4.84. The van der Waals surface area contributed by atoms with Crippen LogP contribution in [0.1, 0.15) is 56.3 Å². The van der Waals surface area contributed by atoms with Gasteiger partial charge in [0.1, 0.15) is 18.3 Å². The molecule has 0 aliphatic carbocycles. The van der Waals surface area contributed by atoms with E-state index in [0.717, 1.165) is 11.8 Å². The van der Waals surface area contributed by atoms with Crippen LogP contribution in [0.2, 0.25) is 0 Å². The molecule has 0 spiro atoms. The number of aryl methyl sites for hydroxylation is 1. The molecule has 7 atom stereocenters. The van der Waals surface area contributed by atoms with E-state index in [1.54, 1.807) is 31.2 Å². The van der Waals surface area contributed by atoms with Crippen molar-refractivity contribution in [2.45, 2.75) is 87.5 Å². The van der Waals surface area contributed by atoms with E-state index in [1.165, 1.54) is 22.5 Å². The van der Waals surface area contributed by atoms with Crippen LogP contribution in [-0.2, 0) is 13.8 Å². The first kappa shape index (κ1) is 31.9. The number of aliphatic hydroxyl groups is 1. The number of rotatable bonds is 11. The topological polar surface area (TPSA) is 147 Å². The molecule has 4 rings (SSSR count). The number of nitrogens with one attached hydrogen (secondary N) is 1. The molecule has 2 N–H and O–H groups in total. The van der Waals surface area contributed by atoms with Gasteiger partial charge in [-0.1, -0.05) is 42.1 Å². The third-order valence-electron chi connectivity index (χ3n) is 6.66. The monoisotopic (exact) mass is 622 g/mol. The Hall–Kier alpha value is -2.01. The Kier molecular flexibility index (Phi) is 10.9. The Balaban J connectivity index is 1.68. The number of thioether (sulfide) groups is 2. The van der Waals surface area contributed by atoms with E-state index in [9.17, 15) is 19.5 Å². The molecule has 0 amide bonds. The molecular formula is C27H35N4O7PS2. The number of carbonyl (C=O) groups is 1. The molecule has 41 heavy (non-hydrogen) atoms. The van der Waals surface area contributed by atoms with Crippen LogP contribution < -0.4 is 11.2 Å². The molecule has 3 heterocycles. The summed E-state index contributed by atoms with van der Waals surface area (Å²) in [6.07, 6.45) is -1.98. The Morgan fingerprint density at radius 3 is 2.59 bits per heavy atom.